The van der Waals surface area contributed by atoms with Crippen LogP contribution in [0.15, 0.2) is 48.6 Å². The largest absolute Gasteiger partial charge is 0.480 e. The van der Waals surface area contributed by atoms with Gasteiger partial charge in [0.15, 0.2) is 0 Å². The number of nitrogens with one attached hydrogen (secondary N) is 2. The molecule has 0 aliphatic heterocycles. The van der Waals surface area contributed by atoms with E-state index in [0.29, 0.717) is 19.3 Å². The molecular formula is C52H92N2O7. The molecule has 0 radical (unpaired) electrons. The zero-order valence-corrected chi connectivity index (χ0v) is 39.2. The van der Waals surface area contributed by atoms with Crippen molar-refractivity contribution in [2.75, 3.05) is 13.2 Å². The zero-order valence-electron chi connectivity index (χ0n) is 39.2. The average molecular weight is 857 g/mol. The highest BCUT2D eigenvalue weighted by Crippen LogP contribution is 2.19. The minimum atomic E-state index is -1.38. The molecule has 9 heteroatoms. The summed E-state index contributed by atoms with van der Waals surface area (Å²) < 4.78 is 6.06. The maximum Gasteiger partial charge on any atom is 0.328 e. The Hall–Kier alpha value is -3.20. The fraction of sp³-hybridized carbons (Fsp3) is 0.769. The molecule has 0 bridgehead atoms. The van der Waals surface area contributed by atoms with Crippen molar-refractivity contribution in [1.82, 2.24) is 10.6 Å². The van der Waals surface area contributed by atoms with Gasteiger partial charge in [-0.1, -0.05) is 191 Å². The normalized spacial score (nSPS) is 12.8. The molecule has 0 spiro atoms. The number of esters is 1. The summed E-state index contributed by atoms with van der Waals surface area (Å²) in [4.78, 5) is 47.8. The molecule has 4 N–H and O–H groups in total. The smallest absolute Gasteiger partial charge is 0.328 e. The van der Waals surface area contributed by atoms with Crippen molar-refractivity contribution in [2.45, 2.75) is 244 Å². The van der Waals surface area contributed by atoms with Gasteiger partial charge in [-0.25, -0.2) is 4.79 Å². The first-order valence-electron chi connectivity index (χ1n) is 25.0. The molecule has 61 heavy (non-hydrogen) atoms. The van der Waals surface area contributed by atoms with Crippen LogP contribution >= 0.6 is 0 Å². The maximum atomic E-state index is 12.9. The molecule has 0 aromatic carbocycles. The molecule has 0 aromatic rings. The van der Waals surface area contributed by atoms with Crippen LogP contribution < -0.4 is 10.6 Å². The van der Waals surface area contributed by atoms with E-state index in [1.54, 1.807) is 0 Å². The molecular weight excluding hydrogens is 765 g/mol. The van der Waals surface area contributed by atoms with Crippen molar-refractivity contribution in [3.63, 3.8) is 0 Å². The number of hydrogen-bond acceptors (Lipinski definition) is 6. The Morgan fingerprint density at radius 2 is 0.934 bits per heavy atom. The summed E-state index contributed by atoms with van der Waals surface area (Å²) in [6.45, 7) is 3.39. The number of carboxylic acid groups (broad SMARTS) is 1. The summed E-state index contributed by atoms with van der Waals surface area (Å²) in [5, 5.41) is 22.6. The number of aliphatic hydroxyl groups excluding tert-OH is 1. The number of rotatable bonds is 45. The van der Waals surface area contributed by atoms with Crippen LogP contribution in [0.3, 0.4) is 0 Å². The first kappa shape index (κ1) is 57.8. The number of hydrogen-bond donors (Lipinski definition) is 4. The van der Waals surface area contributed by atoms with Crippen molar-refractivity contribution in [3.05, 3.63) is 48.6 Å². The Kier molecular flexibility index (Phi) is 43.9. The number of carboxylic acids is 1. The Labute approximate surface area is 373 Å². The number of aliphatic carboxylic acids is 1. The molecule has 0 rings (SSSR count). The quantitative estimate of drug-likeness (QED) is 0.0271. The van der Waals surface area contributed by atoms with Gasteiger partial charge in [-0.3, -0.25) is 14.4 Å². The van der Waals surface area contributed by atoms with E-state index in [1.807, 2.05) is 0 Å². The number of allylic oxidation sites excluding steroid dienone is 8. The maximum absolute atomic E-state index is 12.9. The third kappa shape index (κ3) is 43.3. The van der Waals surface area contributed by atoms with Gasteiger partial charge in [0, 0.05) is 12.8 Å². The summed E-state index contributed by atoms with van der Waals surface area (Å²) in [7, 11) is 0. The molecule has 352 valence electrons. The topological polar surface area (TPSA) is 142 Å². The molecule has 0 heterocycles. The van der Waals surface area contributed by atoms with Gasteiger partial charge in [-0.05, 0) is 77.0 Å². The van der Waals surface area contributed by atoms with Gasteiger partial charge < -0.3 is 25.6 Å². The van der Waals surface area contributed by atoms with Gasteiger partial charge in [0.05, 0.1) is 13.2 Å². The standard InChI is InChI=1S/C52H92N2O7/c1-3-5-7-9-11-13-15-17-19-20-21-22-23-25-27-29-31-36-40-44-51(58)61-47(41-37-33-30-28-26-24-18-16-14-12-10-8-6-4-2)42-38-34-32-35-39-43-49(56)53-45-50(57)54-48(46-55)52(59)60/h5,7,11,13,17,19,21-22,47-48,55H,3-4,6,8-10,12,14-16,18,20,23-46H2,1-2H3,(H,53,56)(H,54,57)(H,59,60)/b7-5-,13-11-,19-17-,22-21-. The van der Waals surface area contributed by atoms with Crippen LogP contribution in [-0.2, 0) is 23.9 Å². The van der Waals surface area contributed by atoms with Gasteiger partial charge in [0.1, 0.15) is 12.1 Å². The first-order valence-corrected chi connectivity index (χ1v) is 25.0. The number of ether oxygens (including phenoxy) is 1. The zero-order chi connectivity index (χ0) is 44.7. The molecule has 0 aliphatic carbocycles. The number of carbonyl (C=O) groups is 4. The number of amides is 2. The monoisotopic (exact) mass is 857 g/mol. The fourth-order valence-electron chi connectivity index (χ4n) is 7.30. The van der Waals surface area contributed by atoms with Crippen molar-refractivity contribution < 1.29 is 34.1 Å². The summed E-state index contributed by atoms with van der Waals surface area (Å²) in [6.07, 6.45) is 55.7. The number of unbranched alkanes of at least 4 members (excludes halogenated alkanes) is 23. The minimum Gasteiger partial charge on any atom is -0.480 e. The van der Waals surface area contributed by atoms with Crippen molar-refractivity contribution >= 4 is 23.8 Å². The summed E-state index contributed by atoms with van der Waals surface area (Å²) in [5.41, 5.74) is 0. The lowest BCUT2D eigenvalue weighted by atomic mass is 10.0. The van der Waals surface area contributed by atoms with Crippen LogP contribution in [0, 0.1) is 0 Å². The number of aliphatic hydroxyl groups is 1. The van der Waals surface area contributed by atoms with Crippen LogP contribution in [0.2, 0.25) is 0 Å². The first-order chi connectivity index (χ1) is 29.8. The highest BCUT2D eigenvalue weighted by Gasteiger charge is 2.19. The number of carbonyl (C=O) groups excluding carboxylic acids is 3. The molecule has 0 fully saturated rings. The van der Waals surface area contributed by atoms with E-state index < -0.39 is 24.5 Å². The molecule has 0 saturated heterocycles. The van der Waals surface area contributed by atoms with Gasteiger partial charge in [0.2, 0.25) is 11.8 Å². The van der Waals surface area contributed by atoms with E-state index >= 15 is 0 Å². The van der Waals surface area contributed by atoms with E-state index in [-0.39, 0.29) is 24.5 Å². The summed E-state index contributed by atoms with van der Waals surface area (Å²) in [5.74, 6) is -2.30. The summed E-state index contributed by atoms with van der Waals surface area (Å²) >= 11 is 0. The van der Waals surface area contributed by atoms with Gasteiger partial charge in [-0.15, -0.1) is 0 Å². The Bertz CT molecular complexity index is 1160. The molecule has 0 aliphatic rings. The lowest BCUT2D eigenvalue weighted by molar-refractivity contribution is -0.150. The van der Waals surface area contributed by atoms with Crippen LogP contribution in [0.25, 0.3) is 0 Å². The Morgan fingerprint density at radius 3 is 1.41 bits per heavy atom. The summed E-state index contributed by atoms with van der Waals surface area (Å²) in [6, 6.07) is -1.38. The lowest BCUT2D eigenvalue weighted by Crippen LogP contribution is -2.47. The fourth-order valence-corrected chi connectivity index (χ4v) is 7.30. The second-order valence-corrected chi connectivity index (χ2v) is 16.9. The second kappa shape index (κ2) is 46.3. The van der Waals surface area contributed by atoms with Crippen LogP contribution in [0.5, 0.6) is 0 Å². The van der Waals surface area contributed by atoms with E-state index in [1.165, 1.54) is 109 Å². The molecule has 2 unspecified atom stereocenters. The molecule has 2 atom stereocenters. The van der Waals surface area contributed by atoms with Crippen LogP contribution in [0.1, 0.15) is 232 Å². The Balaban J connectivity index is 4.33. The van der Waals surface area contributed by atoms with Crippen LogP contribution in [0.4, 0.5) is 0 Å². The molecule has 9 nitrogen and oxygen atoms in total. The molecule has 0 saturated carbocycles. The Morgan fingerprint density at radius 1 is 0.508 bits per heavy atom. The lowest BCUT2D eigenvalue weighted by Gasteiger charge is -2.18. The molecule has 2 amide bonds. The van der Waals surface area contributed by atoms with Gasteiger partial charge in [-0.2, -0.15) is 0 Å². The van der Waals surface area contributed by atoms with Crippen LogP contribution in [-0.4, -0.2) is 59.3 Å². The van der Waals surface area contributed by atoms with E-state index in [2.05, 4.69) is 73.1 Å². The second-order valence-electron chi connectivity index (χ2n) is 16.9. The predicted molar refractivity (Wildman–Crippen MR) is 254 cm³/mol. The van der Waals surface area contributed by atoms with Gasteiger partial charge in [0.25, 0.3) is 0 Å². The van der Waals surface area contributed by atoms with Crippen molar-refractivity contribution in [3.8, 4) is 0 Å². The third-order valence-electron chi connectivity index (χ3n) is 11.1. The van der Waals surface area contributed by atoms with Crippen molar-refractivity contribution in [1.29, 1.82) is 0 Å². The third-order valence-corrected chi connectivity index (χ3v) is 11.1. The molecule has 0 aromatic heterocycles. The van der Waals surface area contributed by atoms with E-state index in [0.717, 1.165) is 89.9 Å². The average Bonchev–Trinajstić information content (AvgIpc) is 3.25. The van der Waals surface area contributed by atoms with E-state index in [4.69, 9.17) is 14.9 Å². The van der Waals surface area contributed by atoms with E-state index in [9.17, 15) is 19.2 Å². The van der Waals surface area contributed by atoms with Gasteiger partial charge >= 0.3 is 11.9 Å². The minimum absolute atomic E-state index is 0.0216. The van der Waals surface area contributed by atoms with Crippen molar-refractivity contribution in [2.24, 2.45) is 0 Å². The predicted octanol–water partition coefficient (Wildman–Crippen LogP) is 13.1. The highest BCUT2D eigenvalue weighted by molar-refractivity contribution is 5.87. The highest BCUT2D eigenvalue weighted by atomic mass is 16.5. The SMILES string of the molecule is CC/C=C\C/C=C\C/C=C\C/C=C\CCCCCCCCC(=O)OC(CCCCCCCCCCCCCCCC)CCCCCCCC(=O)NCC(=O)NC(CO)C(=O)O.